The van der Waals surface area contributed by atoms with E-state index in [2.05, 4.69) is 34.9 Å². The molecule has 1 aromatic carbocycles. The van der Waals surface area contributed by atoms with E-state index < -0.39 is 5.97 Å². The highest BCUT2D eigenvalue weighted by molar-refractivity contribution is 5.75. The van der Waals surface area contributed by atoms with Crippen molar-refractivity contribution in [3.05, 3.63) is 35.9 Å². The first-order valence-corrected chi connectivity index (χ1v) is 9.64. The summed E-state index contributed by atoms with van der Waals surface area (Å²) in [5, 5.41) is 15.2. The fourth-order valence-electron chi connectivity index (χ4n) is 4.30. The van der Waals surface area contributed by atoms with Gasteiger partial charge in [0.05, 0.1) is 6.54 Å². The summed E-state index contributed by atoms with van der Waals surface area (Å²) in [6, 6.07) is 10.9. The number of nitrogens with one attached hydrogen (secondary N) is 2. The molecule has 2 aliphatic rings. The molecule has 0 spiro atoms. The molecular formula is C20H29N3O3. The standard InChI is InChI=1S/C20H29N3O3/c1-2-23(13-19(24)25)16-11-15(12-16)21-20(26)22-18-10-6-9-17(18)14-7-4-3-5-8-14/h3-5,7-8,15-18H,2,6,9-13H2,1H3,(H,24,25)(H2,21,22,26)/t15?,16?,17-,18+/m0/s1. The van der Waals surface area contributed by atoms with Crippen molar-refractivity contribution in [3.8, 4) is 0 Å². The van der Waals surface area contributed by atoms with Crippen molar-refractivity contribution in [1.29, 1.82) is 0 Å². The minimum atomic E-state index is -0.797. The van der Waals surface area contributed by atoms with Gasteiger partial charge in [-0.3, -0.25) is 9.69 Å². The van der Waals surface area contributed by atoms with Gasteiger partial charge in [0.1, 0.15) is 0 Å². The van der Waals surface area contributed by atoms with Gasteiger partial charge in [0.25, 0.3) is 0 Å². The fraction of sp³-hybridized carbons (Fsp3) is 0.600. The molecule has 0 aromatic heterocycles. The molecule has 0 heterocycles. The van der Waals surface area contributed by atoms with Crippen molar-refractivity contribution in [1.82, 2.24) is 15.5 Å². The van der Waals surface area contributed by atoms with Crippen LogP contribution in [0.15, 0.2) is 30.3 Å². The summed E-state index contributed by atoms with van der Waals surface area (Å²) in [6.07, 6.45) is 4.91. The van der Waals surface area contributed by atoms with Crippen molar-refractivity contribution in [3.63, 3.8) is 0 Å². The fourth-order valence-corrected chi connectivity index (χ4v) is 4.30. The number of nitrogens with zero attached hydrogens (tertiary/aromatic N) is 1. The van der Waals surface area contributed by atoms with E-state index >= 15 is 0 Å². The molecule has 2 saturated carbocycles. The molecule has 0 saturated heterocycles. The van der Waals surface area contributed by atoms with Crippen molar-refractivity contribution < 1.29 is 14.7 Å². The highest BCUT2D eigenvalue weighted by Crippen LogP contribution is 2.34. The Bertz CT molecular complexity index is 616. The molecule has 2 aliphatic carbocycles. The minimum Gasteiger partial charge on any atom is -0.480 e. The van der Waals surface area contributed by atoms with Crippen LogP contribution < -0.4 is 10.6 Å². The summed E-state index contributed by atoms with van der Waals surface area (Å²) in [4.78, 5) is 25.2. The molecule has 0 unspecified atom stereocenters. The van der Waals surface area contributed by atoms with E-state index in [1.165, 1.54) is 5.56 Å². The summed E-state index contributed by atoms with van der Waals surface area (Å²) >= 11 is 0. The minimum absolute atomic E-state index is 0.0704. The van der Waals surface area contributed by atoms with Gasteiger partial charge < -0.3 is 15.7 Å². The molecule has 1 aromatic rings. The van der Waals surface area contributed by atoms with Crippen LogP contribution >= 0.6 is 0 Å². The lowest BCUT2D eigenvalue weighted by Gasteiger charge is -2.42. The van der Waals surface area contributed by atoms with Crippen LogP contribution in [0.1, 0.15) is 50.5 Å². The summed E-state index contributed by atoms with van der Waals surface area (Å²) < 4.78 is 0. The topological polar surface area (TPSA) is 81.7 Å². The Kier molecular flexibility index (Phi) is 6.14. The number of amides is 2. The molecule has 2 fully saturated rings. The number of hydrogen-bond donors (Lipinski definition) is 3. The predicted octanol–water partition coefficient (Wildman–Crippen LogP) is 2.56. The summed E-state index contributed by atoms with van der Waals surface area (Å²) in [5.74, 6) is -0.406. The molecule has 0 bridgehead atoms. The first-order valence-electron chi connectivity index (χ1n) is 9.64. The maximum Gasteiger partial charge on any atom is 0.317 e. The third-order valence-corrected chi connectivity index (χ3v) is 5.77. The zero-order chi connectivity index (χ0) is 18.5. The van der Waals surface area contributed by atoms with Crippen molar-refractivity contribution >= 4 is 12.0 Å². The second kappa shape index (κ2) is 8.54. The van der Waals surface area contributed by atoms with E-state index in [1.807, 2.05) is 17.9 Å². The van der Waals surface area contributed by atoms with Gasteiger partial charge in [0.15, 0.2) is 0 Å². The van der Waals surface area contributed by atoms with Gasteiger partial charge in [-0.15, -0.1) is 0 Å². The van der Waals surface area contributed by atoms with Crippen molar-refractivity contribution in [2.75, 3.05) is 13.1 Å². The number of hydrogen-bond acceptors (Lipinski definition) is 3. The number of rotatable bonds is 7. The van der Waals surface area contributed by atoms with Crippen LogP contribution in [0, 0.1) is 0 Å². The van der Waals surface area contributed by atoms with E-state index in [9.17, 15) is 9.59 Å². The van der Waals surface area contributed by atoms with Crippen LogP contribution in [-0.4, -0.2) is 53.2 Å². The van der Waals surface area contributed by atoms with Crippen LogP contribution in [0.3, 0.4) is 0 Å². The molecular weight excluding hydrogens is 330 g/mol. The Morgan fingerprint density at radius 1 is 1.15 bits per heavy atom. The number of urea groups is 1. The SMILES string of the molecule is CCN(CC(=O)O)C1CC(NC(=O)N[C@@H]2CCC[C@H]2c2ccccc2)C1. The van der Waals surface area contributed by atoms with Gasteiger partial charge in [0.2, 0.25) is 0 Å². The molecule has 3 rings (SSSR count). The lowest BCUT2D eigenvalue weighted by atomic mass is 9.85. The number of benzene rings is 1. The molecule has 26 heavy (non-hydrogen) atoms. The zero-order valence-electron chi connectivity index (χ0n) is 15.4. The molecule has 6 nitrogen and oxygen atoms in total. The molecule has 2 amide bonds. The van der Waals surface area contributed by atoms with Crippen LogP contribution in [0.4, 0.5) is 4.79 Å². The summed E-state index contributed by atoms with van der Waals surface area (Å²) in [7, 11) is 0. The first-order chi connectivity index (χ1) is 12.6. The lowest BCUT2D eigenvalue weighted by molar-refractivity contribution is -0.139. The monoisotopic (exact) mass is 359 g/mol. The Hall–Kier alpha value is -2.08. The van der Waals surface area contributed by atoms with Gasteiger partial charge in [0, 0.05) is 24.0 Å². The van der Waals surface area contributed by atoms with Crippen LogP contribution in [0.2, 0.25) is 0 Å². The number of carbonyl (C=O) groups is 2. The molecule has 0 aliphatic heterocycles. The zero-order valence-corrected chi connectivity index (χ0v) is 15.4. The molecule has 3 N–H and O–H groups in total. The third-order valence-electron chi connectivity index (χ3n) is 5.77. The van der Waals surface area contributed by atoms with Crippen LogP contribution in [-0.2, 0) is 4.79 Å². The molecule has 0 radical (unpaired) electrons. The normalized spacial score (nSPS) is 27.8. The van der Waals surface area contributed by atoms with Crippen molar-refractivity contribution in [2.24, 2.45) is 0 Å². The Balaban J connectivity index is 1.44. The number of likely N-dealkylation sites (N-methyl/N-ethyl adjacent to an activating group) is 1. The molecule has 6 heteroatoms. The van der Waals surface area contributed by atoms with Gasteiger partial charge in [-0.05, 0) is 37.8 Å². The van der Waals surface area contributed by atoms with Gasteiger partial charge in [-0.2, -0.15) is 0 Å². The maximum absolute atomic E-state index is 12.4. The van der Waals surface area contributed by atoms with Gasteiger partial charge >= 0.3 is 12.0 Å². The van der Waals surface area contributed by atoms with E-state index in [1.54, 1.807) is 0 Å². The smallest absolute Gasteiger partial charge is 0.317 e. The van der Waals surface area contributed by atoms with Crippen LogP contribution in [0.25, 0.3) is 0 Å². The largest absolute Gasteiger partial charge is 0.480 e. The third kappa shape index (κ3) is 4.55. The highest BCUT2D eigenvalue weighted by Gasteiger charge is 2.36. The van der Waals surface area contributed by atoms with E-state index in [0.29, 0.717) is 5.92 Å². The Morgan fingerprint density at radius 2 is 1.88 bits per heavy atom. The maximum atomic E-state index is 12.4. The Labute approximate surface area is 155 Å². The summed E-state index contributed by atoms with van der Waals surface area (Å²) in [5.41, 5.74) is 1.30. The van der Waals surface area contributed by atoms with Gasteiger partial charge in [-0.25, -0.2) is 4.79 Å². The predicted molar refractivity (Wildman–Crippen MR) is 100 cm³/mol. The van der Waals surface area contributed by atoms with E-state index in [4.69, 9.17) is 5.11 Å². The Morgan fingerprint density at radius 3 is 2.54 bits per heavy atom. The van der Waals surface area contributed by atoms with Crippen molar-refractivity contribution in [2.45, 2.75) is 63.1 Å². The van der Waals surface area contributed by atoms with E-state index in [-0.39, 0.29) is 30.7 Å². The molecule has 142 valence electrons. The number of carbonyl (C=O) groups excluding carboxylic acids is 1. The summed E-state index contributed by atoms with van der Waals surface area (Å²) in [6.45, 7) is 2.76. The average Bonchev–Trinajstić information content (AvgIpc) is 3.04. The highest BCUT2D eigenvalue weighted by atomic mass is 16.4. The number of carboxylic acid groups (broad SMARTS) is 1. The van der Waals surface area contributed by atoms with Gasteiger partial charge in [-0.1, -0.05) is 43.7 Å². The second-order valence-corrected chi connectivity index (χ2v) is 7.45. The lowest BCUT2D eigenvalue weighted by Crippen LogP contribution is -2.57. The molecule has 2 atom stereocenters. The average molecular weight is 359 g/mol. The van der Waals surface area contributed by atoms with E-state index in [0.717, 1.165) is 38.6 Å². The second-order valence-electron chi connectivity index (χ2n) is 7.45. The van der Waals surface area contributed by atoms with Crippen LogP contribution in [0.5, 0.6) is 0 Å². The number of aliphatic carboxylic acids is 1. The quantitative estimate of drug-likeness (QED) is 0.699. The first kappa shape index (κ1) is 18.7. The number of carboxylic acids is 1.